The first-order valence-corrected chi connectivity index (χ1v) is 6.78. The van der Waals surface area contributed by atoms with Crippen molar-refractivity contribution in [1.82, 2.24) is 10.2 Å². The first-order valence-electron chi connectivity index (χ1n) is 5.28. The number of alkyl halides is 1. The third-order valence-electron chi connectivity index (χ3n) is 2.03. The topological polar surface area (TPSA) is 87.7 Å². The Balaban J connectivity index is 3.05. The molecule has 0 aromatic carbocycles. The van der Waals surface area contributed by atoms with Gasteiger partial charge in [0.15, 0.2) is 5.71 Å². The Labute approximate surface area is 122 Å². The Kier molecular flexibility index (Phi) is 5.97. The number of anilines is 1. The maximum Gasteiger partial charge on any atom is 0.355 e. The van der Waals surface area contributed by atoms with E-state index in [0.717, 1.165) is 0 Å². The molecule has 0 spiro atoms. The average molecular weight is 352 g/mol. The van der Waals surface area contributed by atoms with Gasteiger partial charge >= 0.3 is 5.97 Å². The van der Waals surface area contributed by atoms with E-state index in [4.69, 9.17) is 16.3 Å². The number of rotatable bonds is 5. The summed E-state index contributed by atoms with van der Waals surface area (Å²) in [6.45, 7) is 1.95. The molecule has 0 saturated carbocycles. The summed E-state index contributed by atoms with van der Waals surface area (Å²) in [5, 5.41) is 11.3. The number of ether oxygens (including phenoxy) is 1. The van der Waals surface area contributed by atoms with Crippen LogP contribution in [0.2, 0.25) is 5.02 Å². The summed E-state index contributed by atoms with van der Waals surface area (Å²) < 4.78 is 4.84. The molecule has 9 heteroatoms. The van der Waals surface area contributed by atoms with Crippen LogP contribution in [0.25, 0.3) is 0 Å². The van der Waals surface area contributed by atoms with E-state index in [9.17, 15) is 9.59 Å². The second-order valence-electron chi connectivity index (χ2n) is 3.32. The zero-order valence-electron chi connectivity index (χ0n) is 10.3. The van der Waals surface area contributed by atoms with Crippen LogP contribution in [0.5, 0.6) is 0 Å². The highest BCUT2D eigenvalue weighted by atomic mass is 79.9. The van der Waals surface area contributed by atoms with Gasteiger partial charge < -0.3 is 4.74 Å². The molecule has 7 nitrogen and oxygen atoms in total. The van der Waals surface area contributed by atoms with Gasteiger partial charge in [-0.3, -0.25) is 9.80 Å². The van der Waals surface area contributed by atoms with Crippen molar-refractivity contribution in [1.29, 1.82) is 0 Å². The molecule has 0 amide bonds. The molecule has 1 heterocycles. The summed E-state index contributed by atoms with van der Waals surface area (Å²) in [4.78, 5) is 22.9. The fraction of sp³-hybridized carbons (Fsp3) is 0.400. The predicted molar refractivity (Wildman–Crippen MR) is 76.1 cm³/mol. The second kappa shape index (κ2) is 7.25. The standard InChI is InChI=1S/C10H12BrClN4O3/c1-3-19-10(18)6(4-11)15-16(2)7-5-13-14-9(17)8(7)12/h5H,3-4H2,1-2H3,(H,14,17)/b15-6+. The molecule has 0 fully saturated rings. The van der Waals surface area contributed by atoms with Gasteiger partial charge in [0, 0.05) is 7.05 Å². The van der Waals surface area contributed by atoms with E-state index in [2.05, 4.69) is 31.2 Å². The second-order valence-corrected chi connectivity index (χ2v) is 4.26. The third-order valence-corrected chi connectivity index (χ3v) is 2.93. The summed E-state index contributed by atoms with van der Waals surface area (Å²) in [6, 6.07) is 0. The van der Waals surface area contributed by atoms with Crippen molar-refractivity contribution < 1.29 is 9.53 Å². The quantitative estimate of drug-likeness (QED) is 0.372. The molecule has 1 aromatic rings. The molecule has 0 aliphatic carbocycles. The molecule has 0 aliphatic rings. The lowest BCUT2D eigenvalue weighted by molar-refractivity contribution is -0.135. The number of nitrogens with zero attached hydrogens (tertiary/aromatic N) is 3. The van der Waals surface area contributed by atoms with E-state index in [1.165, 1.54) is 11.2 Å². The van der Waals surface area contributed by atoms with Crippen LogP contribution in [0.15, 0.2) is 16.1 Å². The number of H-pyrrole nitrogens is 1. The van der Waals surface area contributed by atoms with Gasteiger partial charge in [-0.25, -0.2) is 9.89 Å². The van der Waals surface area contributed by atoms with Gasteiger partial charge in [0.2, 0.25) is 0 Å². The number of hydrazone groups is 1. The van der Waals surface area contributed by atoms with Gasteiger partial charge in [-0.2, -0.15) is 10.2 Å². The molecule has 0 aliphatic heterocycles. The van der Waals surface area contributed by atoms with Crippen molar-refractivity contribution in [3.63, 3.8) is 0 Å². The molecular formula is C10H12BrClN4O3. The molecule has 0 radical (unpaired) electrons. The Morgan fingerprint density at radius 1 is 1.68 bits per heavy atom. The van der Waals surface area contributed by atoms with Gasteiger partial charge in [0.1, 0.15) is 10.7 Å². The minimum atomic E-state index is -0.542. The molecule has 1 aromatic heterocycles. The summed E-state index contributed by atoms with van der Waals surface area (Å²) in [6.07, 6.45) is 1.34. The maximum atomic E-state index is 11.6. The Hall–Kier alpha value is -1.41. The van der Waals surface area contributed by atoms with Crippen LogP contribution >= 0.6 is 27.5 Å². The van der Waals surface area contributed by atoms with E-state index in [1.54, 1.807) is 14.0 Å². The Morgan fingerprint density at radius 3 is 2.95 bits per heavy atom. The first-order chi connectivity index (χ1) is 9.01. The van der Waals surface area contributed by atoms with Crippen molar-refractivity contribution in [2.75, 3.05) is 24.0 Å². The summed E-state index contributed by atoms with van der Waals surface area (Å²) in [7, 11) is 1.55. The lowest BCUT2D eigenvalue weighted by Gasteiger charge is -2.14. The van der Waals surface area contributed by atoms with E-state index in [0.29, 0.717) is 0 Å². The monoisotopic (exact) mass is 350 g/mol. The molecule has 19 heavy (non-hydrogen) atoms. The normalized spacial score (nSPS) is 11.3. The van der Waals surface area contributed by atoms with Crippen molar-refractivity contribution in [3.8, 4) is 0 Å². The van der Waals surface area contributed by atoms with Crippen molar-refractivity contribution in [3.05, 3.63) is 21.6 Å². The lowest BCUT2D eigenvalue weighted by atomic mass is 10.4. The molecule has 104 valence electrons. The van der Waals surface area contributed by atoms with Crippen LogP contribution in [0.1, 0.15) is 6.92 Å². The third kappa shape index (κ3) is 4.03. The van der Waals surface area contributed by atoms with Crippen LogP contribution in [0.3, 0.4) is 0 Å². The van der Waals surface area contributed by atoms with Crippen LogP contribution in [-0.2, 0) is 9.53 Å². The van der Waals surface area contributed by atoms with Crippen molar-refractivity contribution in [2.45, 2.75) is 6.92 Å². The zero-order valence-corrected chi connectivity index (χ0v) is 12.7. The minimum absolute atomic E-state index is 0.0565. The van der Waals surface area contributed by atoms with Gasteiger partial charge in [-0.15, -0.1) is 0 Å². The first kappa shape index (κ1) is 15.6. The van der Waals surface area contributed by atoms with Crippen LogP contribution in [0, 0.1) is 0 Å². The fourth-order valence-electron chi connectivity index (χ4n) is 1.17. The molecule has 1 rings (SSSR count). The maximum absolute atomic E-state index is 11.6. The number of nitrogens with one attached hydrogen (secondary N) is 1. The van der Waals surface area contributed by atoms with Crippen molar-refractivity contribution in [2.24, 2.45) is 5.10 Å². The number of hydrogen-bond acceptors (Lipinski definition) is 6. The molecule has 0 atom stereocenters. The number of esters is 1. The highest BCUT2D eigenvalue weighted by molar-refractivity contribution is 9.09. The smallest absolute Gasteiger partial charge is 0.355 e. The van der Waals surface area contributed by atoms with Crippen LogP contribution < -0.4 is 10.6 Å². The molecule has 0 saturated heterocycles. The zero-order chi connectivity index (χ0) is 14.4. The van der Waals surface area contributed by atoms with E-state index in [-0.39, 0.29) is 28.4 Å². The number of hydrogen-bond donors (Lipinski definition) is 1. The minimum Gasteiger partial charge on any atom is -0.461 e. The average Bonchev–Trinajstić information content (AvgIpc) is 2.39. The number of aromatic amines is 1. The number of carbonyl (C=O) groups is 1. The van der Waals surface area contributed by atoms with Gasteiger partial charge in [-0.1, -0.05) is 27.5 Å². The molecule has 0 bridgehead atoms. The molecular weight excluding hydrogens is 339 g/mol. The Bertz CT molecular complexity index is 546. The van der Waals surface area contributed by atoms with Gasteiger partial charge in [-0.05, 0) is 6.92 Å². The highest BCUT2D eigenvalue weighted by Gasteiger charge is 2.15. The van der Waals surface area contributed by atoms with Crippen LogP contribution in [-0.4, -0.2) is 40.9 Å². The summed E-state index contributed by atoms with van der Waals surface area (Å²) >= 11 is 8.98. The van der Waals surface area contributed by atoms with Gasteiger partial charge in [0.05, 0.1) is 18.1 Å². The fourth-order valence-corrected chi connectivity index (χ4v) is 1.73. The number of halogens is 2. The largest absolute Gasteiger partial charge is 0.461 e. The SMILES string of the molecule is CCOC(=O)/C(CBr)=N/N(C)c1cn[nH]c(=O)c1Cl. The van der Waals surface area contributed by atoms with E-state index in [1.807, 2.05) is 0 Å². The number of aromatic nitrogens is 2. The molecule has 0 unspecified atom stereocenters. The van der Waals surface area contributed by atoms with E-state index >= 15 is 0 Å². The van der Waals surface area contributed by atoms with Crippen LogP contribution in [0.4, 0.5) is 5.69 Å². The Morgan fingerprint density at radius 2 is 2.37 bits per heavy atom. The van der Waals surface area contributed by atoms with Crippen molar-refractivity contribution >= 4 is 44.9 Å². The highest BCUT2D eigenvalue weighted by Crippen LogP contribution is 2.19. The van der Waals surface area contributed by atoms with E-state index < -0.39 is 11.5 Å². The summed E-state index contributed by atoms with van der Waals surface area (Å²) in [5.74, 6) is -0.542. The summed E-state index contributed by atoms with van der Waals surface area (Å²) in [5.41, 5.74) is -0.0911. The molecule has 1 N–H and O–H groups in total. The van der Waals surface area contributed by atoms with Gasteiger partial charge in [0.25, 0.3) is 5.56 Å². The lowest BCUT2D eigenvalue weighted by Crippen LogP contribution is -2.24. The number of carbonyl (C=O) groups excluding carboxylic acids is 1. The predicted octanol–water partition coefficient (Wildman–Crippen LogP) is 1.17.